The van der Waals surface area contributed by atoms with E-state index in [2.05, 4.69) is 21.8 Å². The van der Waals surface area contributed by atoms with Crippen molar-refractivity contribution >= 4 is 17.2 Å². The summed E-state index contributed by atoms with van der Waals surface area (Å²) in [6, 6.07) is 3.95. The Morgan fingerprint density at radius 1 is 1.20 bits per heavy atom. The van der Waals surface area contributed by atoms with E-state index in [9.17, 15) is 0 Å². The van der Waals surface area contributed by atoms with Crippen LogP contribution in [0.15, 0.2) is 24.5 Å². The van der Waals surface area contributed by atoms with Gasteiger partial charge < -0.3 is 9.80 Å². The second-order valence-corrected chi connectivity index (χ2v) is 4.22. The number of piperazine rings is 1. The fourth-order valence-corrected chi connectivity index (χ4v) is 2.01. The molecule has 0 atom stereocenters. The molecule has 1 fully saturated rings. The molecule has 15 heavy (non-hydrogen) atoms. The molecule has 1 aliphatic rings. The minimum Gasteiger partial charge on any atom is -0.360 e. The van der Waals surface area contributed by atoms with Crippen LogP contribution in [0.1, 0.15) is 5.56 Å². The summed E-state index contributed by atoms with van der Waals surface area (Å²) in [6.07, 6.45) is 3.58. The summed E-state index contributed by atoms with van der Waals surface area (Å²) in [7, 11) is 2.15. The van der Waals surface area contributed by atoms with E-state index in [-0.39, 0.29) is 0 Å². The molecule has 0 aromatic carbocycles. The molecule has 0 unspecified atom stereocenters. The topological polar surface area (TPSA) is 19.4 Å². The maximum Gasteiger partial charge on any atom is 0.109 e. The Hall–Kier alpha value is -1.00. The van der Waals surface area contributed by atoms with Gasteiger partial charge in [-0.1, -0.05) is 12.2 Å². The van der Waals surface area contributed by atoms with Crippen LogP contribution < -0.4 is 0 Å². The van der Waals surface area contributed by atoms with Crippen LogP contribution >= 0.6 is 12.2 Å². The van der Waals surface area contributed by atoms with Gasteiger partial charge in [0.15, 0.2) is 0 Å². The minimum atomic E-state index is 0.950. The van der Waals surface area contributed by atoms with Gasteiger partial charge >= 0.3 is 0 Å². The van der Waals surface area contributed by atoms with Crippen molar-refractivity contribution in [3.8, 4) is 0 Å². The molecule has 0 amide bonds. The van der Waals surface area contributed by atoms with Crippen LogP contribution in [0.3, 0.4) is 0 Å². The number of aromatic nitrogens is 1. The maximum absolute atomic E-state index is 5.46. The number of pyridine rings is 1. The molecule has 4 heteroatoms. The Bertz CT molecular complexity index is 331. The third-order valence-corrected chi connectivity index (χ3v) is 3.21. The maximum atomic E-state index is 5.46. The molecule has 3 nitrogen and oxygen atoms in total. The summed E-state index contributed by atoms with van der Waals surface area (Å²) < 4.78 is 0. The highest BCUT2D eigenvalue weighted by Crippen LogP contribution is 2.08. The first kappa shape index (κ1) is 10.5. The minimum absolute atomic E-state index is 0.950. The first-order valence-corrected chi connectivity index (χ1v) is 5.56. The van der Waals surface area contributed by atoms with Gasteiger partial charge in [0, 0.05) is 44.1 Å². The van der Waals surface area contributed by atoms with Gasteiger partial charge in [0.2, 0.25) is 0 Å². The van der Waals surface area contributed by atoms with Crippen molar-refractivity contribution in [2.45, 2.75) is 0 Å². The van der Waals surface area contributed by atoms with Crippen molar-refractivity contribution in [2.24, 2.45) is 0 Å². The number of hydrogen-bond donors (Lipinski definition) is 0. The summed E-state index contributed by atoms with van der Waals surface area (Å²) in [6.45, 7) is 4.23. The van der Waals surface area contributed by atoms with Gasteiger partial charge in [-0.05, 0) is 19.2 Å². The van der Waals surface area contributed by atoms with Crippen LogP contribution in [0.5, 0.6) is 0 Å². The van der Waals surface area contributed by atoms with E-state index in [0.29, 0.717) is 0 Å². The molecule has 1 aromatic rings. The van der Waals surface area contributed by atoms with Gasteiger partial charge in [0.1, 0.15) is 4.99 Å². The van der Waals surface area contributed by atoms with Crippen LogP contribution in [0, 0.1) is 0 Å². The lowest BCUT2D eigenvalue weighted by Crippen LogP contribution is -2.46. The summed E-state index contributed by atoms with van der Waals surface area (Å²) in [5.74, 6) is 0. The van der Waals surface area contributed by atoms with Crippen molar-refractivity contribution in [3.63, 3.8) is 0 Å². The molecular weight excluding hydrogens is 206 g/mol. The van der Waals surface area contributed by atoms with Crippen molar-refractivity contribution < 1.29 is 0 Å². The zero-order valence-electron chi connectivity index (χ0n) is 8.89. The standard InChI is InChI=1S/C11H15N3S/c1-13-6-8-14(9-7-13)11(15)10-2-4-12-5-3-10/h2-5H,6-9H2,1H3. The molecule has 2 rings (SSSR count). The molecule has 0 radical (unpaired) electrons. The summed E-state index contributed by atoms with van der Waals surface area (Å²) in [5, 5.41) is 0. The van der Waals surface area contributed by atoms with Gasteiger partial charge in [-0.15, -0.1) is 0 Å². The molecule has 80 valence electrons. The van der Waals surface area contributed by atoms with Crippen LogP contribution in [-0.4, -0.2) is 53.0 Å². The van der Waals surface area contributed by atoms with Crippen molar-refractivity contribution in [1.82, 2.24) is 14.8 Å². The average Bonchev–Trinajstić information content (AvgIpc) is 2.30. The lowest BCUT2D eigenvalue weighted by molar-refractivity contribution is 0.218. The van der Waals surface area contributed by atoms with E-state index < -0.39 is 0 Å². The number of hydrogen-bond acceptors (Lipinski definition) is 3. The Balaban J connectivity index is 2.03. The van der Waals surface area contributed by atoms with Crippen LogP contribution in [-0.2, 0) is 0 Å². The summed E-state index contributed by atoms with van der Waals surface area (Å²) in [4.78, 5) is 9.54. The van der Waals surface area contributed by atoms with E-state index in [0.717, 1.165) is 36.7 Å². The highest BCUT2D eigenvalue weighted by molar-refractivity contribution is 7.80. The predicted molar refractivity (Wildman–Crippen MR) is 65.0 cm³/mol. The smallest absolute Gasteiger partial charge is 0.109 e. The monoisotopic (exact) mass is 221 g/mol. The Morgan fingerprint density at radius 2 is 1.80 bits per heavy atom. The van der Waals surface area contributed by atoms with Crippen LogP contribution in [0.25, 0.3) is 0 Å². The fraction of sp³-hybridized carbons (Fsp3) is 0.455. The van der Waals surface area contributed by atoms with E-state index in [1.807, 2.05) is 12.1 Å². The molecular formula is C11H15N3S. The highest BCUT2D eigenvalue weighted by atomic mass is 32.1. The van der Waals surface area contributed by atoms with Crippen LogP contribution in [0.2, 0.25) is 0 Å². The van der Waals surface area contributed by atoms with Gasteiger partial charge in [-0.25, -0.2) is 0 Å². The van der Waals surface area contributed by atoms with Crippen molar-refractivity contribution in [3.05, 3.63) is 30.1 Å². The Morgan fingerprint density at radius 3 is 2.40 bits per heavy atom. The molecule has 0 spiro atoms. The molecule has 0 N–H and O–H groups in total. The largest absolute Gasteiger partial charge is 0.360 e. The lowest BCUT2D eigenvalue weighted by Gasteiger charge is -2.34. The number of thiocarbonyl (C=S) groups is 1. The second-order valence-electron chi connectivity index (χ2n) is 3.83. The zero-order chi connectivity index (χ0) is 10.7. The van der Waals surface area contributed by atoms with E-state index in [4.69, 9.17) is 12.2 Å². The number of nitrogens with zero attached hydrogens (tertiary/aromatic N) is 3. The lowest BCUT2D eigenvalue weighted by atomic mass is 10.2. The van der Waals surface area contributed by atoms with Crippen molar-refractivity contribution in [1.29, 1.82) is 0 Å². The summed E-state index contributed by atoms with van der Waals surface area (Å²) >= 11 is 5.46. The van der Waals surface area contributed by atoms with Gasteiger partial charge in [0.25, 0.3) is 0 Å². The highest BCUT2D eigenvalue weighted by Gasteiger charge is 2.16. The quantitative estimate of drug-likeness (QED) is 0.659. The third kappa shape index (κ3) is 2.52. The van der Waals surface area contributed by atoms with Crippen LogP contribution in [0.4, 0.5) is 0 Å². The first-order valence-electron chi connectivity index (χ1n) is 5.15. The van der Waals surface area contributed by atoms with E-state index in [1.54, 1.807) is 12.4 Å². The predicted octanol–water partition coefficient (Wildman–Crippen LogP) is 1.00. The summed E-state index contributed by atoms with van der Waals surface area (Å²) in [5.41, 5.74) is 1.10. The molecule has 0 saturated carbocycles. The van der Waals surface area contributed by atoms with E-state index >= 15 is 0 Å². The molecule has 0 aliphatic carbocycles. The van der Waals surface area contributed by atoms with E-state index in [1.165, 1.54) is 0 Å². The van der Waals surface area contributed by atoms with Gasteiger partial charge in [-0.3, -0.25) is 4.98 Å². The molecule has 1 saturated heterocycles. The molecule has 0 bridgehead atoms. The SMILES string of the molecule is CN1CCN(C(=S)c2ccncc2)CC1. The molecule has 2 heterocycles. The second kappa shape index (κ2) is 4.68. The first-order chi connectivity index (χ1) is 7.27. The zero-order valence-corrected chi connectivity index (χ0v) is 9.70. The molecule has 1 aliphatic heterocycles. The van der Waals surface area contributed by atoms with Gasteiger partial charge in [0.05, 0.1) is 0 Å². The molecule has 1 aromatic heterocycles. The number of rotatable bonds is 1. The Kier molecular flexibility index (Phi) is 3.28. The number of likely N-dealkylation sites (N-methyl/N-ethyl adjacent to an activating group) is 1. The third-order valence-electron chi connectivity index (χ3n) is 2.72. The van der Waals surface area contributed by atoms with Gasteiger partial charge in [-0.2, -0.15) is 0 Å². The average molecular weight is 221 g/mol. The Labute approximate surface area is 95.7 Å². The van der Waals surface area contributed by atoms with Crippen molar-refractivity contribution in [2.75, 3.05) is 33.2 Å². The normalized spacial score (nSPS) is 17.8. The fourth-order valence-electron chi connectivity index (χ4n) is 1.69.